The number of carbonyl (C=O) groups is 1. The van der Waals surface area contributed by atoms with Crippen LogP contribution in [-0.2, 0) is 24.8 Å². The third-order valence-electron chi connectivity index (χ3n) is 5.01. The van der Waals surface area contributed by atoms with Gasteiger partial charge in [-0.05, 0) is 49.1 Å². The van der Waals surface area contributed by atoms with Crippen molar-refractivity contribution in [3.8, 4) is 22.6 Å². The summed E-state index contributed by atoms with van der Waals surface area (Å²) < 4.78 is 67.8. The van der Waals surface area contributed by atoms with E-state index in [-0.39, 0.29) is 22.1 Å². The molecule has 0 amide bonds. The molecule has 0 aliphatic rings. The van der Waals surface area contributed by atoms with Gasteiger partial charge < -0.3 is 9.47 Å². The van der Waals surface area contributed by atoms with Crippen molar-refractivity contribution in [1.29, 1.82) is 0 Å². The van der Waals surface area contributed by atoms with Gasteiger partial charge in [0.25, 0.3) is 0 Å². The molecule has 3 rings (SSSR count). The van der Waals surface area contributed by atoms with E-state index in [1.54, 1.807) is 51.1 Å². The summed E-state index contributed by atoms with van der Waals surface area (Å²) in [6.45, 7) is 4.05. The fourth-order valence-corrected chi connectivity index (χ4v) is 4.13. The molecule has 0 heterocycles. The van der Waals surface area contributed by atoms with E-state index in [0.29, 0.717) is 11.6 Å². The average molecular weight is 571 g/mol. The van der Waals surface area contributed by atoms with Crippen molar-refractivity contribution in [3.05, 3.63) is 81.4 Å². The van der Waals surface area contributed by atoms with Gasteiger partial charge in [0, 0.05) is 17.7 Å². The number of nitro groups is 1. The van der Waals surface area contributed by atoms with Crippen LogP contribution in [0.15, 0.2) is 60.7 Å². The SMILES string of the molecule is CC(C)(C)C(=O)OCO[P+](=O)c1cc(Oc2ccc(C(F)(F)F)cc2Cl)c(-c2ccccc2)cc1[N+](=O)[O-]. The maximum Gasteiger partial charge on any atom is 0.559 e. The molecule has 0 aliphatic carbocycles. The van der Waals surface area contributed by atoms with Crippen LogP contribution in [0.5, 0.6) is 11.5 Å². The summed E-state index contributed by atoms with van der Waals surface area (Å²) in [7, 11) is -2.93. The van der Waals surface area contributed by atoms with Crippen molar-refractivity contribution >= 4 is 36.6 Å². The van der Waals surface area contributed by atoms with Crippen LogP contribution in [0, 0.1) is 15.5 Å². The van der Waals surface area contributed by atoms with E-state index in [4.69, 9.17) is 25.6 Å². The smallest absolute Gasteiger partial charge is 0.455 e. The van der Waals surface area contributed by atoms with Gasteiger partial charge in [-0.1, -0.05) is 46.5 Å². The van der Waals surface area contributed by atoms with Gasteiger partial charge in [-0.3, -0.25) is 14.9 Å². The highest BCUT2D eigenvalue weighted by Crippen LogP contribution is 2.42. The number of rotatable bonds is 8. The molecule has 0 spiro atoms. The van der Waals surface area contributed by atoms with Crippen LogP contribution in [0.3, 0.4) is 0 Å². The Morgan fingerprint density at radius 1 is 1.03 bits per heavy atom. The summed E-state index contributed by atoms with van der Waals surface area (Å²) in [5.74, 6) is -0.903. The lowest BCUT2D eigenvalue weighted by molar-refractivity contribution is -0.383. The van der Waals surface area contributed by atoms with Crippen LogP contribution in [0.1, 0.15) is 26.3 Å². The monoisotopic (exact) mass is 570 g/mol. The second-order valence-corrected chi connectivity index (χ2v) is 10.6. The number of hydrogen-bond acceptors (Lipinski definition) is 7. The molecule has 0 saturated heterocycles. The van der Waals surface area contributed by atoms with Crippen molar-refractivity contribution in [3.63, 3.8) is 0 Å². The van der Waals surface area contributed by atoms with Crippen molar-refractivity contribution < 1.29 is 41.5 Å². The van der Waals surface area contributed by atoms with Gasteiger partial charge in [-0.2, -0.15) is 13.2 Å². The molecule has 0 aromatic heterocycles. The highest BCUT2D eigenvalue weighted by Gasteiger charge is 2.37. The Balaban J connectivity index is 2.05. The van der Waals surface area contributed by atoms with E-state index in [1.165, 1.54) is 0 Å². The number of ether oxygens (including phenoxy) is 2. The molecule has 0 bridgehead atoms. The summed E-state index contributed by atoms with van der Waals surface area (Å²) >= 11 is 6.04. The Hall–Kier alpha value is -3.53. The largest absolute Gasteiger partial charge is 0.559 e. The highest BCUT2D eigenvalue weighted by atomic mass is 35.5. The highest BCUT2D eigenvalue weighted by molar-refractivity contribution is 7.48. The number of hydrogen-bond donors (Lipinski definition) is 0. The zero-order valence-electron chi connectivity index (χ0n) is 20.2. The number of esters is 1. The molecular formula is C25H21ClF3NO7P+. The number of carbonyl (C=O) groups excluding carboxylic acids is 1. The maximum absolute atomic E-state index is 13.0. The quantitative estimate of drug-likeness (QED) is 0.0900. The molecule has 0 aliphatic heterocycles. The number of halogens is 4. The van der Waals surface area contributed by atoms with Crippen LogP contribution < -0.4 is 10.0 Å². The van der Waals surface area contributed by atoms with E-state index in [1.807, 2.05) is 0 Å². The zero-order valence-corrected chi connectivity index (χ0v) is 21.9. The molecule has 13 heteroatoms. The molecule has 0 saturated carbocycles. The van der Waals surface area contributed by atoms with Crippen molar-refractivity contribution in [1.82, 2.24) is 0 Å². The summed E-state index contributed by atoms with van der Waals surface area (Å²) in [6, 6.07) is 12.9. The molecular weight excluding hydrogens is 550 g/mol. The first-order chi connectivity index (χ1) is 17.7. The molecule has 0 fully saturated rings. The zero-order chi connectivity index (χ0) is 28.3. The Morgan fingerprint density at radius 3 is 2.24 bits per heavy atom. The molecule has 200 valence electrons. The van der Waals surface area contributed by atoms with Gasteiger partial charge in [0.2, 0.25) is 6.79 Å². The van der Waals surface area contributed by atoms with E-state index in [2.05, 4.69) is 0 Å². The van der Waals surface area contributed by atoms with Crippen LogP contribution in [-0.4, -0.2) is 17.7 Å². The molecule has 3 aromatic carbocycles. The number of nitro benzene ring substituents is 1. The fraction of sp³-hybridized carbons (Fsp3) is 0.240. The van der Waals surface area contributed by atoms with Crippen LogP contribution in [0.4, 0.5) is 18.9 Å². The van der Waals surface area contributed by atoms with Gasteiger partial charge in [-0.25, -0.2) is 0 Å². The number of benzene rings is 3. The molecule has 38 heavy (non-hydrogen) atoms. The predicted octanol–water partition coefficient (Wildman–Crippen LogP) is 7.66. The standard InChI is InChI=1S/C25H21ClF3NO7P/c1-24(2,3)23(31)35-14-36-38(34)22-13-21(37-20-10-9-16(11-18(20)26)25(27,28)29)17(12-19(22)30(32)33)15-7-5-4-6-8-15/h4-13H,14H2,1-3H3/q+1. The summed E-state index contributed by atoms with van der Waals surface area (Å²) in [6.07, 6.45) is -4.63. The predicted molar refractivity (Wildman–Crippen MR) is 134 cm³/mol. The van der Waals surface area contributed by atoms with Gasteiger partial charge in [0.15, 0.2) is 0 Å². The number of alkyl halides is 3. The minimum atomic E-state index is -4.63. The van der Waals surface area contributed by atoms with E-state index >= 15 is 0 Å². The summed E-state index contributed by atoms with van der Waals surface area (Å²) in [4.78, 5) is 23.0. The third-order valence-corrected chi connectivity index (χ3v) is 6.39. The minimum Gasteiger partial charge on any atom is -0.455 e. The fourth-order valence-electron chi connectivity index (χ4n) is 3.07. The second kappa shape index (κ2) is 11.5. The lowest BCUT2D eigenvalue weighted by atomic mass is 9.98. The third kappa shape index (κ3) is 7.06. The van der Waals surface area contributed by atoms with Crippen molar-refractivity contribution in [2.75, 3.05) is 6.79 Å². The van der Waals surface area contributed by atoms with Crippen molar-refractivity contribution in [2.45, 2.75) is 26.9 Å². The first kappa shape index (κ1) is 29.0. The van der Waals surface area contributed by atoms with Gasteiger partial charge >= 0.3 is 31.2 Å². The van der Waals surface area contributed by atoms with Gasteiger partial charge in [0.05, 0.1) is 20.9 Å². The van der Waals surface area contributed by atoms with Crippen LogP contribution in [0.25, 0.3) is 11.1 Å². The second-order valence-electron chi connectivity index (χ2n) is 8.89. The lowest BCUT2D eigenvalue weighted by Gasteiger charge is -2.15. The maximum atomic E-state index is 13.0. The average Bonchev–Trinajstić information content (AvgIpc) is 2.84. The van der Waals surface area contributed by atoms with Gasteiger partial charge in [0.1, 0.15) is 11.5 Å². The molecule has 1 unspecified atom stereocenters. The van der Waals surface area contributed by atoms with Gasteiger partial charge in [-0.15, -0.1) is 0 Å². The first-order valence-electron chi connectivity index (χ1n) is 10.9. The van der Waals surface area contributed by atoms with E-state index in [9.17, 15) is 32.6 Å². The Kier molecular flexibility index (Phi) is 8.76. The normalized spacial score (nSPS) is 12.1. The number of nitrogens with zero attached hydrogens (tertiary/aromatic N) is 1. The molecule has 3 aromatic rings. The lowest BCUT2D eigenvalue weighted by Crippen LogP contribution is -2.23. The molecule has 0 radical (unpaired) electrons. The van der Waals surface area contributed by atoms with E-state index < -0.39 is 53.9 Å². The Bertz CT molecular complexity index is 1380. The topological polar surface area (TPSA) is 105 Å². The van der Waals surface area contributed by atoms with E-state index in [0.717, 1.165) is 24.3 Å². The van der Waals surface area contributed by atoms with Crippen LogP contribution in [0.2, 0.25) is 5.02 Å². The molecule has 0 N–H and O–H groups in total. The minimum absolute atomic E-state index is 0.0860. The summed E-state index contributed by atoms with van der Waals surface area (Å²) in [5, 5.41) is 11.1. The molecule has 8 nitrogen and oxygen atoms in total. The van der Waals surface area contributed by atoms with Crippen LogP contribution >= 0.6 is 19.6 Å². The van der Waals surface area contributed by atoms with Crippen molar-refractivity contribution in [2.24, 2.45) is 5.41 Å². The molecule has 1 atom stereocenters. The first-order valence-corrected chi connectivity index (χ1v) is 12.4. The Morgan fingerprint density at radius 2 is 1.68 bits per heavy atom. The Labute approximate surface area is 221 Å². The summed E-state index contributed by atoms with van der Waals surface area (Å²) in [5.41, 5.74) is -1.78.